The van der Waals surface area contributed by atoms with Crippen LogP contribution in [0, 0.1) is 0 Å². The van der Waals surface area contributed by atoms with E-state index < -0.39 is 124 Å². The van der Waals surface area contributed by atoms with E-state index in [4.69, 9.17) is 28.4 Å². The summed E-state index contributed by atoms with van der Waals surface area (Å²) in [6, 6.07) is -0.997. The van der Waals surface area contributed by atoms with Crippen molar-refractivity contribution in [2.45, 2.75) is 317 Å². The lowest BCUT2D eigenvalue weighted by atomic mass is 9.96. The molecule has 3 saturated heterocycles. The van der Waals surface area contributed by atoms with Crippen LogP contribution in [0.2, 0.25) is 0 Å². The van der Waals surface area contributed by atoms with Gasteiger partial charge in [-0.15, -0.1) is 0 Å². The third kappa shape index (κ3) is 29.0. The van der Waals surface area contributed by atoms with Crippen LogP contribution in [0.3, 0.4) is 0 Å². The van der Waals surface area contributed by atoms with Gasteiger partial charge in [0.1, 0.15) is 73.2 Å². The predicted molar refractivity (Wildman–Crippen MR) is 314 cm³/mol. The Morgan fingerprint density at radius 2 is 0.780 bits per heavy atom. The number of allylic oxidation sites excluding steroid dienone is 7. The fourth-order valence-electron chi connectivity index (χ4n) is 10.6. The molecule has 3 fully saturated rings. The van der Waals surface area contributed by atoms with Gasteiger partial charge in [-0.25, -0.2) is 0 Å². The minimum atomic E-state index is -1.98. The topological polar surface area (TPSA) is 307 Å². The number of hydrogen-bond donors (Lipinski definition) is 12. The third-order valence-electron chi connectivity index (χ3n) is 15.8. The van der Waals surface area contributed by atoms with Crippen molar-refractivity contribution in [2.24, 2.45) is 0 Å². The van der Waals surface area contributed by atoms with Gasteiger partial charge in [0.2, 0.25) is 5.91 Å². The van der Waals surface area contributed by atoms with Crippen molar-refractivity contribution in [3.05, 3.63) is 48.6 Å². The van der Waals surface area contributed by atoms with Crippen LogP contribution >= 0.6 is 0 Å². The quantitative estimate of drug-likeness (QED) is 0.0224. The SMILES string of the molecule is CCCCCCCC/C=C/CC/C=C/CC/C=C/C(O)C(COC1OC(CO)C(OC2OC(CO)C(OC3OC(CO)C(O)C(O)C3O)C(O)C2O)C(O)C1O)NC(=O)CCCCCCCCCCC/C=C\CCCCCCCCCC. The third-order valence-corrected chi connectivity index (χ3v) is 15.8. The first-order valence-corrected chi connectivity index (χ1v) is 31.9. The zero-order chi connectivity index (χ0) is 59.7. The van der Waals surface area contributed by atoms with Gasteiger partial charge in [-0.1, -0.05) is 184 Å². The van der Waals surface area contributed by atoms with E-state index in [0.29, 0.717) is 12.8 Å². The second kappa shape index (κ2) is 46.0. The van der Waals surface area contributed by atoms with Crippen LogP contribution in [0.4, 0.5) is 0 Å². The molecule has 0 saturated carbocycles. The van der Waals surface area contributed by atoms with E-state index in [-0.39, 0.29) is 18.9 Å². The molecule has 3 rings (SSSR count). The fourth-order valence-corrected chi connectivity index (χ4v) is 10.6. The van der Waals surface area contributed by atoms with Crippen molar-refractivity contribution >= 4 is 5.91 Å². The van der Waals surface area contributed by atoms with Gasteiger partial charge < -0.3 is 89.9 Å². The maximum atomic E-state index is 13.3. The molecule has 19 nitrogen and oxygen atoms in total. The summed E-state index contributed by atoms with van der Waals surface area (Å²) in [5.74, 6) is -0.293. The lowest BCUT2D eigenvalue weighted by Gasteiger charge is -2.48. The maximum Gasteiger partial charge on any atom is 0.220 e. The molecule has 12 N–H and O–H groups in total. The second-order valence-electron chi connectivity index (χ2n) is 22.8. The predicted octanol–water partition coefficient (Wildman–Crippen LogP) is 6.65. The molecule has 0 bridgehead atoms. The second-order valence-corrected chi connectivity index (χ2v) is 22.8. The van der Waals surface area contributed by atoms with Crippen LogP contribution < -0.4 is 5.32 Å². The molecule has 3 heterocycles. The van der Waals surface area contributed by atoms with Crippen molar-refractivity contribution < 1.29 is 89.4 Å². The molecule has 1 amide bonds. The number of aliphatic hydroxyl groups is 11. The Hall–Kier alpha value is -2.25. The number of rotatable bonds is 47. The van der Waals surface area contributed by atoms with Crippen LogP contribution in [-0.2, 0) is 33.2 Å². The molecular formula is C63H113NO18. The number of aliphatic hydroxyl groups excluding tert-OH is 11. The first-order chi connectivity index (χ1) is 39.8. The largest absolute Gasteiger partial charge is 0.394 e. The molecule has 0 aromatic rings. The zero-order valence-electron chi connectivity index (χ0n) is 50.0. The lowest BCUT2D eigenvalue weighted by molar-refractivity contribution is -0.379. The van der Waals surface area contributed by atoms with Crippen molar-refractivity contribution in [1.29, 1.82) is 0 Å². The highest BCUT2D eigenvalue weighted by Gasteiger charge is 2.53. The first-order valence-electron chi connectivity index (χ1n) is 31.9. The molecule has 82 heavy (non-hydrogen) atoms. The van der Waals surface area contributed by atoms with E-state index in [1.807, 2.05) is 6.08 Å². The Morgan fingerprint density at radius 1 is 0.427 bits per heavy atom. The summed E-state index contributed by atoms with van der Waals surface area (Å²) in [6.07, 6.45) is 25.2. The van der Waals surface area contributed by atoms with Gasteiger partial charge in [-0.05, 0) is 70.6 Å². The molecule has 17 unspecified atom stereocenters. The van der Waals surface area contributed by atoms with Crippen molar-refractivity contribution in [1.82, 2.24) is 5.32 Å². The van der Waals surface area contributed by atoms with Crippen molar-refractivity contribution in [3.8, 4) is 0 Å². The highest BCUT2D eigenvalue weighted by Crippen LogP contribution is 2.33. The number of hydrogen-bond acceptors (Lipinski definition) is 18. The highest BCUT2D eigenvalue weighted by molar-refractivity contribution is 5.76. The Bertz CT molecular complexity index is 1680. The summed E-state index contributed by atoms with van der Waals surface area (Å²) in [6.45, 7) is 1.68. The van der Waals surface area contributed by atoms with E-state index in [0.717, 1.165) is 57.8 Å². The van der Waals surface area contributed by atoms with Gasteiger partial charge in [0.25, 0.3) is 0 Å². The number of unbranched alkanes of at least 4 members (excludes halogenated alkanes) is 25. The average molecular weight is 1170 g/mol. The van der Waals surface area contributed by atoms with Crippen LogP contribution in [0.25, 0.3) is 0 Å². The van der Waals surface area contributed by atoms with E-state index in [9.17, 15) is 61.0 Å². The van der Waals surface area contributed by atoms with E-state index in [1.165, 1.54) is 122 Å². The monoisotopic (exact) mass is 1170 g/mol. The highest BCUT2D eigenvalue weighted by atomic mass is 16.8. The van der Waals surface area contributed by atoms with Crippen LogP contribution in [0.1, 0.15) is 213 Å². The summed E-state index contributed by atoms with van der Waals surface area (Å²) in [5, 5.41) is 120. The normalized spacial score (nSPS) is 29.9. The zero-order valence-corrected chi connectivity index (χ0v) is 50.0. The van der Waals surface area contributed by atoms with Crippen molar-refractivity contribution in [3.63, 3.8) is 0 Å². The minimum absolute atomic E-state index is 0.229. The summed E-state index contributed by atoms with van der Waals surface area (Å²) in [7, 11) is 0. The molecule has 0 spiro atoms. The number of nitrogens with one attached hydrogen (secondary N) is 1. The Balaban J connectivity index is 1.49. The van der Waals surface area contributed by atoms with Gasteiger partial charge in [-0.3, -0.25) is 4.79 Å². The van der Waals surface area contributed by atoms with Crippen LogP contribution in [0.15, 0.2) is 48.6 Å². The maximum absolute atomic E-state index is 13.3. The van der Waals surface area contributed by atoms with E-state index >= 15 is 0 Å². The number of carbonyl (C=O) groups is 1. The van der Waals surface area contributed by atoms with Gasteiger partial charge in [0.05, 0.1) is 38.6 Å². The fraction of sp³-hybridized carbons (Fsp3) is 0.857. The molecule has 0 radical (unpaired) electrons. The van der Waals surface area contributed by atoms with Crippen LogP contribution in [-0.4, -0.2) is 193 Å². The molecule has 0 aliphatic carbocycles. The summed E-state index contributed by atoms with van der Waals surface area (Å²) >= 11 is 0. The Labute approximate surface area is 491 Å². The standard InChI is InChI=1S/C63H113NO18/c1-3-5-7-9-11-13-15-17-19-21-22-23-24-25-27-29-31-33-35-37-39-41-51(69)64-46(47(68)40-38-36-34-32-30-28-26-20-18-16-14-12-10-8-6-4-2)45-77-61-57(75)54(72)59(49(43-66)79-61)82-63-58(76)55(73)60(50(44-67)80-63)81-62-56(74)53(71)52(70)48(42-65)78-62/h18,20-22,30,32,38,40,46-50,52-63,65-68,70-76H,3-17,19,23-29,31,33-37,39,41-45H2,1-2H3,(H,64,69)/b20-18+,22-21-,32-30+,40-38+. The summed E-state index contributed by atoms with van der Waals surface area (Å²) in [5.41, 5.74) is 0. The van der Waals surface area contributed by atoms with Crippen molar-refractivity contribution in [2.75, 3.05) is 26.4 Å². The Kier molecular flexibility index (Phi) is 41.5. The smallest absolute Gasteiger partial charge is 0.220 e. The van der Waals surface area contributed by atoms with Gasteiger partial charge >= 0.3 is 0 Å². The molecule has 0 aromatic heterocycles. The molecule has 3 aliphatic heterocycles. The molecule has 3 aliphatic rings. The first kappa shape index (κ1) is 74.0. The summed E-state index contributed by atoms with van der Waals surface area (Å²) in [4.78, 5) is 13.3. The molecular weight excluding hydrogens is 1060 g/mol. The molecule has 478 valence electrons. The summed E-state index contributed by atoms with van der Waals surface area (Å²) < 4.78 is 34.2. The molecule has 17 atom stereocenters. The minimum Gasteiger partial charge on any atom is -0.394 e. The van der Waals surface area contributed by atoms with Crippen LogP contribution in [0.5, 0.6) is 0 Å². The average Bonchev–Trinajstić information content (AvgIpc) is 3.25. The Morgan fingerprint density at radius 3 is 1.22 bits per heavy atom. The van der Waals surface area contributed by atoms with E-state index in [1.54, 1.807) is 6.08 Å². The number of ether oxygens (including phenoxy) is 6. The van der Waals surface area contributed by atoms with E-state index in [2.05, 4.69) is 55.6 Å². The number of amides is 1. The lowest BCUT2D eigenvalue weighted by Crippen LogP contribution is -2.66. The van der Waals surface area contributed by atoms with Gasteiger partial charge in [0, 0.05) is 6.42 Å². The van der Waals surface area contributed by atoms with Gasteiger partial charge in [-0.2, -0.15) is 0 Å². The number of carbonyl (C=O) groups excluding carboxylic acids is 1. The van der Waals surface area contributed by atoms with Gasteiger partial charge in [0.15, 0.2) is 18.9 Å². The molecule has 19 heteroatoms. The molecule has 0 aromatic carbocycles.